The second-order valence-corrected chi connectivity index (χ2v) is 1.87. The first kappa shape index (κ1) is 8.95. The predicted molar refractivity (Wildman–Crippen MR) is 40.6 cm³/mol. The van der Waals surface area contributed by atoms with Crippen LogP contribution in [0.4, 0.5) is 0 Å². The van der Waals surface area contributed by atoms with E-state index in [0.29, 0.717) is 0 Å². The van der Waals surface area contributed by atoms with Crippen LogP contribution in [0.3, 0.4) is 0 Å². The van der Waals surface area contributed by atoms with Crippen LogP contribution in [0.25, 0.3) is 0 Å². The molecule has 0 unspecified atom stereocenters. The molecule has 0 amide bonds. The Balaban J connectivity index is 3.75. The molecule has 0 radical (unpaired) electrons. The Bertz CT molecular complexity index is 139. The highest BCUT2D eigenvalue weighted by Gasteiger charge is 1.89. The van der Waals surface area contributed by atoms with E-state index in [1.165, 1.54) is 13.2 Å². The molecule has 56 valence electrons. The number of rotatable bonds is 3. The molecule has 0 heterocycles. The topological polar surface area (TPSA) is 26.3 Å². The third-order valence-electron chi connectivity index (χ3n) is 1.11. The van der Waals surface area contributed by atoms with E-state index in [4.69, 9.17) is 0 Å². The number of hydrogen-bond donors (Lipinski definition) is 0. The SMILES string of the molecule is C=C(/C=C/C(=O)OC)CC. The first-order valence-corrected chi connectivity index (χ1v) is 3.14. The number of carbonyl (C=O) groups is 1. The van der Waals surface area contributed by atoms with Gasteiger partial charge in [0.15, 0.2) is 0 Å². The van der Waals surface area contributed by atoms with E-state index in [-0.39, 0.29) is 5.97 Å². The summed E-state index contributed by atoms with van der Waals surface area (Å²) in [6.07, 6.45) is 3.88. The molecule has 0 N–H and O–H groups in total. The summed E-state index contributed by atoms with van der Waals surface area (Å²) in [5, 5.41) is 0. The molecule has 0 aliphatic carbocycles. The van der Waals surface area contributed by atoms with Crippen molar-refractivity contribution in [2.24, 2.45) is 0 Å². The maximum absolute atomic E-state index is 10.5. The Labute approximate surface area is 61.2 Å². The van der Waals surface area contributed by atoms with Crippen LogP contribution >= 0.6 is 0 Å². The zero-order chi connectivity index (χ0) is 7.98. The first-order valence-electron chi connectivity index (χ1n) is 3.14. The van der Waals surface area contributed by atoms with E-state index in [0.717, 1.165) is 12.0 Å². The standard InChI is InChI=1S/C8H12O2/c1-4-7(2)5-6-8(9)10-3/h5-6H,2,4H2,1,3H3/b6-5+. The summed E-state index contributed by atoms with van der Waals surface area (Å²) in [5.41, 5.74) is 0.922. The van der Waals surface area contributed by atoms with Crippen molar-refractivity contribution in [3.8, 4) is 0 Å². The number of hydrogen-bond acceptors (Lipinski definition) is 2. The fourth-order valence-corrected chi connectivity index (χ4v) is 0.372. The Kier molecular flexibility index (Phi) is 4.29. The van der Waals surface area contributed by atoms with Gasteiger partial charge in [-0.05, 0) is 6.42 Å². The van der Waals surface area contributed by atoms with E-state index in [9.17, 15) is 4.79 Å². The predicted octanol–water partition coefficient (Wildman–Crippen LogP) is 1.68. The molecule has 0 saturated carbocycles. The average Bonchev–Trinajstić information content (AvgIpc) is 1.99. The molecule has 0 bridgehead atoms. The Morgan fingerprint density at radius 3 is 2.60 bits per heavy atom. The number of carbonyl (C=O) groups excluding carboxylic acids is 1. The van der Waals surface area contributed by atoms with Crippen molar-refractivity contribution in [3.05, 3.63) is 24.3 Å². The zero-order valence-corrected chi connectivity index (χ0v) is 6.39. The molecule has 2 heteroatoms. The van der Waals surface area contributed by atoms with Crippen LogP contribution in [-0.2, 0) is 9.53 Å². The first-order chi connectivity index (χ1) is 4.70. The molecule has 0 aromatic heterocycles. The summed E-state index contributed by atoms with van der Waals surface area (Å²) in [4.78, 5) is 10.5. The molecule has 0 atom stereocenters. The minimum Gasteiger partial charge on any atom is -0.466 e. The molecule has 0 saturated heterocycles. The largest absolute Gasteiger partial charge is 0.466 e. The smallest absolute Gasteiger partial charge is 0.330 e. The summed E-state index contributed by atoms with van der Waals surface area (Å²) in [6, 6.07) is 0. The highest BCUT2D eigenvalue weighted by atomic mass is 16.5. The van der Waals surface area contributed by atoms with Crippen LogP contribution in [0.1, 0.15) is 13.3 Å². The summed E-state index contributed by atoms with van der Waals surface area (Å²) in [6.45, 7) is 5.66. The fraction of sp³-hybridized carbons (Fsp3) is 0.375. The van der Waals surface area contributed by atoms with Crippen molar-refractivity contribution >= 4 is 5.97 Å². The van der Waals surface area contributed by atoms with Crippen LogP contribution in [0.15, 0.2) is 24.3 Å². The number of allylic oxidation sites excluding steroid dienone is 2. The molecular weight excluding hydrogens is 128 g/mol. The van der Waals surface area contributed by atoms with Crippen LogP contribution in [0.5, 0.6) is 0 Å². The monoisotopic (exact) mass is 140 g/mol. The second-order valence-electron chi connectivity index (χ2n) is 1.87. The summed E-state index contributed by atoms with van der Waals surface area (Å²) in [7, 11) is 1.35. The number of esters is 1. The second kappa shape index (κ2) is 4.79. The molecule has 0 rings (SSSR count). The third kappa shape index (κ3) is 3.89. The normalized spacial score (nSPS) is 9.80. The third-order valence-corrected chi connectivity index (χ3v) is 1.11. The average molecular weight is 140 g/mol. The van der Waals surface area contributed by atoms with E-state index < -0.39 is 0 Å². The Morgan fingerprint density at radius 2 is 2.20 bits per heavy atom. The minimum atomic E-state index is -0.338. The highest BCUT2D eigenvalue weighted by Crippen LogP contribution is 1.97. The summed E-state index contributed by atoms with van der Waals surface area (Å²) >= 11 is 0. The lowest BCUT2D eigenvalue weighted by Gasteiger charge is -1.91. The van der Waals surface area contributed by atoms with Crippen molar-refractivity contribution in [3.63, 3.8) is 0 Å². The van der Waals surface area contributed by atoms with Gasteiger partial charge in [0.2, 0.25) is 0 Å². The van der Waals surface area contributed by atoms with Gasteiger partial charge >= 0.3 is 5.97 Å². The molecule has 0 spiro atoms. The molecule has 0 aromatic carbocycles. The lowest BCUT2D eigenvalue weighted by atomic mass is 10.2. The van der Waals surface area contributed by atoms with Gasteiger partial charge in [0.05, 0.1) is 7.11 Å². The lowest BCUT2D eigenvalue weighted by Crippen LogP contribution is -1.93. The van der Waals surface area contributed by atoms with Gasteiger partial charge < -0.3 is 4.74 Å². The minimum absolute atomic E-state index is 0.338. The summed E-state index contributed by atoms with van der Waals surface area (Å²) in [5.74, 6) is -0.338. The van der Waals surface area contributed by atoms with Gasteiger partial charge in [0.1, 0.15) is 0 Å². The Hall–Kier alpha value is -1.05. The molecule has 0 aliphatic heterocycles. The fourth-order valence-electron chi connectivity index (χ4n) is 0.372. The molecule has 10 heavy (non-hydrogen) atoms. The lowest BCUT2D eigenvalue weighted by molar-refractivity contribution is -0.134. The highest BCUT2D eigenvalue weighted by molar-refractivity contribution is 5.82. The Morgan fingerprint density at radius 1 is 1.60 bits per heavy atom. The molecule has 0 fully saturated rings. The summed E-state index contributed by atoms with van der Waals surface area (Å²) < 4.78 is 4.38. The van der Waals surface area contributed by atoms with E-state index in [2.05, 4.69) is 11.3 Å². The van der Waals surface area contributed by atoms with Gasteiger partial charge in [0, 0.05) is 6.08 Å². The van der Waals surface area contributed by atoms with E-state index >= 15 is 0 Å². The van der Waals surface area contributed by atoms with Crippen molar-refractivity contribution in [2.75, 3.05) is 7.11 Å². The van der Waals surface area contributed by atoms with Crippen LogP contribution in [0, 0.1) is 0 Å². The van der Waals surface area contributed by atoms with Gasteiger partial charge in [-0.15, -0.1) is 0 Å². The van der Waals surface area contributed by atoms with Crippen LogP contribution in [0.2, 0.25) is 0 Å². The van der Waals surface area contributed by atoms with Gasteiger partial charge in [0.25, 0.3) is 0 Å². The van der Waals surface area contributed by atoms with E-state index in [1.54, 1.807) is 6.08 Å². The molecular formula is C8H12O2. The van der Waals surface area contributed by atoms with Crippen molar-refractivity contribution in [1.82, 2.24) is 0 Å². The maximum atomic E-state index is 10.5. The van der Waals surface area contributed by atoms with Crippen LogP contribution < -0.4 is 0 Å². The van der Waals surface area contributed by atoms with Gasteiger partial charge in [-0.25, -0.2) is 4.79 Å². The van der Waals surface area contributed by atoms with E-state index in [1.807, 2.05) is 6.92 Å². The molecule has 0 aromatic rings. The van der Waals surface area contributed by atoms with Crippen molar-refractivity contribution in [2.45, 2.75) is 13.3 Å². The number of methoxy groups -OCH3 is 1. The molecule has 0 aliphatic rings. The van der Waals surface area contributed by atoms with Gasteiger partial charge in [-0.3, -0.25) is 0 Å². The van der Waals surface area contributed by atoms with Gasteiger partial charge in [-0.1, -0.05) is 25.2 Å². The van der Waals surface area contributed by atoms with Crippen molar-refractivity contribution < 1.29 is 9.53 Å². The zero-order valence-electron chi connectivity index (χ0n) is 6.39. The number of ether oxygens (including phenoxy) is 1. The molecule has 2 nitrogen and oxygen atoms in total. The maximum Gasteiger partial charge on any atom is 0.330 e. The van der Waals surface area contributed by atoms with Crippen LogP contribution in [-0.4, -0.2) is 13.1 Å². The van der Waals surface area contributed by atoms with Gasteiger partial charge in [-0.2, -0.15) is 0 Å². The quantitative estimate of drug-likeness (QED) is 0.338. The van der Waals surface area contributed by atoms with Crippen molar-refractivity contribution in [1.29, 1.82) is 0 Å².